The summed E-state index contributed by atoms with van der Waals surface area (Å²) in [7, 11) is 0. The van der Waals surface area contributed by atoms with Gasteiger partial charge < -0.3 is 15.4 Å². The molecule has 1 amide bonds. The van der Waals surface area contributed by atoms with Gasteiger partial charge in [0, 0.05) is 34.7 Å². The molecule has 2 N–H and O–H groups in total. The molecule has 0 saturated heterocycles. The second-order valence-corrected chi connectivity index (χ2v) is 8.89. The van der Waals surface area contributed by atoms with Crippen LogP contribution < -0.4 is 10.6 Å². The summed E-state index contributed by atoms with van der Waals surface area (Å²) in [5.41, 5.74) is 2.76. The van der Waals surface area contributed by atoms with Crippen molar-refractivity contribution in [1.82, 2.24) is 5.32 Å². The third kappa shape index (κ3) is 6.23. The Kier molecular flexibility index (Phi) is 9.84. The van der Waals surface area contributed by atoms with Crippen molar-refractivity contribution in [3.8, 4) is 0 Å². The van der Waals surface area contributed by atoms with E-state index < -0.39 is 0 Å². The highest BCUT2D eigenvalue weighted by atomic mass is 35.5. The molecule has 0 spiro atoms. The number of rotatable bonds is 9. The summed E-state index contributed by atoms with van der Waals surface area (Å²) in [6.45, 7) is 8.79. The molecule has 0 bridgehead atoms. The Morgan fingerprint density at radius 1 is 1.26 bits per heavy atom. The smallest absolute Gasteiger partial charge is 0.341 e. The first kappa shape index (κ1) is 25.2. The van der Waals surface area contributed by atoms with Crippen molar-refractivity contribution in [3.63, 3.8) is 0 Å². The van der Waals surface area contributed by atoms with Gasteiger partial charge in [-0.1, -0.05) is 36.0 Å². The van der Waals surface area contributed by atoms with Gasteiger partial charge in [-0.05, 0) is 43.0 Å². The maximum atomic E-state index is 12.7. The number of hydrogen-bond donors (Lipinski definition) is 2. The lowest BCUT2D eigenvalue weighted by molar-refractivity contribution is -0.114. The van der Waals surface area contributed by atoms with Crippen LogP contribution >= 0.6 is 35.5 Å². The first-order valence-corrected chi connectivity index (χ1v) is 11.6. The number of thiophene rings is 1. The van der Waals surface area contributed by atoms with Crippen molar-refractivity contribution in [3.05, 3.63) is 64.6 Å². The molecule has 0 atom stereocenters. The number of thioether (sulfide) groups is 1. The lowest BCUT2D eigenvalue weighted by atomic mass is 9.94. The molecule has 1 aromatic heterocycles. The van der Waals surface area contributed by atoms with Crippen molar-refractivity contribution >= 4 is 57.3 Å². The largest absolute Gasteiger partial charge is 0.462 e. The molecule has 1 aliphatic rings. The highest BCUT2D eigenvalue weighted by Gasteiger charge is 2.31. The zero-order chi connectivity index (χ0) is 21.5. The minimum Gasteiger partial charge on any atom is -0.462 e. The van der Waals surface area contributed by atoms with Crippen molar-refractivity contribution in [1.29, 1.82) is 0 Å². The van der Waals surface area contributed by atoms with E-state index in [4.69, 9.17) is 4.74 Å². The molecule has 1 aliphatic carbocycles. The third-order valence-corrected chi connectivity index (χ3v) is 7.07. The van der Waals surface area contributed by atoms with Gasteiger partial charge in [-0.2, -0.15) is 0 Å². The number of nitrogens with one attached hydrogen (secondary N) is 2. The summed E-state index contributed by atoms with van der Waals surface area (Å²) in [5.74, 6) is -0.579. The van der Waals surface area contributed by atoms with E-state index in [0.717, 1.165) is 46.2 Å². The maximum Gasteiger partial charge on any atom is 0.341 e. The summed E-state index contributed by atoms with van der Waals surface area (Å²) >= 11 is 3.15. The molecule has 8 heteroatoms. The van der Waals surface area contributed by atoms with Crippen LogP contribution in [0.2, 0.25) is 0 Å². The number of carbonyl (C=O) groups excluding carboxylic acids is 2. The van der Waals surface area contributed by atoms with Gasteiger partial charge in [-0.3, -0.25) is 4.79 Å². The van der Waals surface area contributed by atoms with E-state index in [1.54, 1.807) is 18.7 Å². The average molecular weight is 479 g/mol. The van der Waals surface area contributed by atoms with Crippen LogP contribution in [0.5, 0.6) is 0 Å². The second-order valence-electron chi connectivity index (χ2n) is 6.78. The average Bonchev–Trinajstić information content (AvgIpc) is 3.08. The van der Waals surface area contributed by atoms with E-state index in [2.05, 4.69) is 29.3 Å². The number of ether oxygens (including phenoxy) is 1. The predicted molar refractivity (Wildman–Crippen MR) is 132 cm³/mol. The number of esters is 1. The highest BCUT2D eigenvalue weighted by Crippen LogP contribution is 2.49. The number of anilines is 1. The van der Waals surface area contributed by atoms with Gasteiger partial charge in [-0.25, -0.2) is 4.79 Å². The van der Waals surface area contributed by atoms with Crippen LogP contribution in [-0.2, 0) is 16.0 Å². The number of hydrogen-bond acceptors (Lipinski definition) is 6. The fraction of sp³-hybridized carbons (Fsp3) is 0.304. The number of amides is 1. The zero-order valence-corrected chi connectivity index (χ0v) is 20.1. The van der Waals surface area contributed by atoms with Crippen LogP contribution in [-0.4, -0.2) is 31.6 Å². The van der Waals surface area contributed by atoms with Crippen molar-refractivity contribution in [2.75, 3.05) is 25.0 Å². The van der Waals surface area contributed by atoms with E-state index in [-0.39, 0.29) is 24.3 Å². The third-order valence-electron chi connectivity index (χ3n) is 4.57. The molecule has 1 aromatic carbocycles. The summed E-state index contributed by atoms with van der Waals surface area (Å²) in [4.78, 5) is 27.8. The first-order valence-electron chi connectivity index (χ1n) is 9.92. The van der Waals surface area contributed by atoms with E-state index in [1.165, 1.54) is 23.8 Å². The summed E-state index contributed by atoms with van der Waals surface area (Å²) in [6, 6.07) is 10.2. The van der Waals surface area contributed by atoms with Gasteiger partial charge in [0.2, 0.25) is 5.91 Å². The Morgan fingerprint density at radius 2 is 2.00 bits per heavy atom. The van der Waals surface area contributed by atoms with Gasteiger partial charge in [0.05, 0.1) is 12.2 Å². The fourth-order valence-corrected chi connectivity index (χ4v) is 5.91. The first-order chi connectivity index (χ1) is 14.5. The number of halogens is 1. The molecule has 0 saturated carbocycles. The molecule has 166 valence electrons. The minimum absolute atomic E-state index is 0. The normalized spacial score (nSPS) is 12.6. The molecule has 5 nitrogen and oxygen atoms in total. The molecule has 1 heterocycles. The summed E-state index contributed by atoms with van der Waals surface area (Å²) < 4.78 is 5.30. The molecule has 0 radical (unpaired) electrons. The molecule has 0 fully saturated rings. The van der Waals surface area contributed by atoms with Crippen LogP contribution in [0, 0.1) is 0 Å². The van der Waals surface area contributed by atoms with Crippen molar-refractivity contribution in [2.24, 2.45) is 0 Å². The predicted octanol–water partition coefficient (Wildman–Crippen LogP) is 5.53. The fourth-order valence-electron chi connectivity index (χ4n) is 3.32. The molecule has 3 rings (SSSR count). The topological polar surface area (TPSA) is 67.4 Å². The van der Waals surface area contributed by atoms with Gasteiger partial charge in [0.25, 0.3) is 0 Å². The van der Waals surface area contributed by atoms with Gasteiger partial charge in [0.15, 0.2) is 0 Å². The highest BCUT2D eigenvalue weighted by molar-refractivity contribution is 8.08. The van der Waals surface area contributed by atoms with Gasteiger partial charge in [-0.15, -0.1) is 30.3 Å². The Hall–Kier alpha value is -2.06. The molecular weight excluding hydrogens is 452 g/mol. The molecular formula is C23H27ClN2O3S2. The maximum absolute atomic E-state index is 12.7. The summed E-state index contributed by atoms with van der Waals surface area (Å²) in [6.07, 6.45) is 3.43. The van der Waals surface area contributed by atoms with Crippen molar-refractivity contribution < 1.29 is 14.3 Å². The van der Waals surface area contributed by atoms with Crippen LogP contribution in [0.4, 0.5) is 5.00 Å². The zero-order valence-electron chi connectivity index (χ0n) is 17.7. The SMILES string of the molecule is C=CCNCC1=C(Sc2ccccc2)c2sc(NC(C)=O)c(C(=O)OCC)c2CC1.Cl. The Morgan fingerprint density at radius 3 is 2.65 bits per heavy atom. The molecule has 31 heavy (non-hydrogen) atoms. The van der Waals surface area contributed by atoms with Crippen LogP contribution in [0.25, 0.3) is 4.91 Å². The Labute approximate surface area is 197 Å². The molecule has 0 unspecified atom stereocenters. The van der Waals surface area contributed by atoms with Crippen LogP contribution in [0.3, 0.4) is 0 Å². The number of fused-ring (bicyclic) bond motifs is 1. The second kappa shape index (κ2) is 12.1. The van der Waals surface area contributed by atoms with E-state index in [1.807, 2.05) is 24.3 Å². The summed E-state index contributed by atoms with van der Waals surface area (Å²) in [5, 5.41) is 6.81. The van der Waals surface area contributed by atoms with E-state index >= 15 is 0 Å². The van der Waals surface area contributed by atoms with E-state index in [0.29, 0.717) is 17.2 Å². The number of carbonyl (C=O) groups is 2. The van der Waals surface area contributed by atoms with Crippen LogP contribution in [0.15, 0.2) is 53.5 Å². The standard InChI is InChI=1S/C23H26N2O3S2.ClH/c1-4-13-24-14-16-11-12-18-19(23(27)28-5-2)22(25-15(3)26)30-21(18)20(16)29-17-9-7-6-8-10-17;/h4,6-10,24H,1,5,11-14H2,2-3H3,(H,25,26);1H. The van der Waals surface area contributed by atoms with Crippen molar-refractivity contribution in [2.45, 2.75) is 31.6 Å². The van der Waals surface area contributed by atoms with E-state index in [9.17, 15) is 9.59 Å². The number of benzene rings is 1. The monoisotopic (exact) mass is 478 g/mol. The molecule has 2 aromatic rings. The lowest BCUT2D eigenvalue weighted by Crippen LogP contribution is -2.20. The quantitative estimate of drug-likeness (QED) is 0.282. The minimum atomic E-state index is -0.379. The van der Waals surface area contributed by atoms with Gasteiger partial charge in [0.1, 0.15) is 5.00 Å². The Balaban J connectivity index is 0.00000341. The Bertz CT molecular complexity index is 971. The molecule has 0 aliphatic heterocycles. The van der Waals surface area contributed by atoms with Crippen LogP contribution in [0.1, 0.15) is 41.1 Å². The lowest BCUT2D eigenvalue weighted by Gasteiger charge is -2.21. The van der Waals surface area contributed by atoms with Gasteiger partial charge >= 0.3 is 5.97 Å².